The molecule has 0 radical (unpaired) electrons. The Labute approximate surface area is 106 Å². The fourth-order valence-corrected chi connectivity index (χ4v) is 1.60. The molecule has 1 atom stereocenters. The van der Waals surface area contributed by atoms with Gasteiger partial charge in [0.2, 0.25) is 0 Å². The third-order valence-corrected chi connectivity index (χ3v) is 2.49. The third kappa shape index (κ3) is 5.40. The standard InChI is InChI=1S/C12H13F6N/c1-7(3-2-4-12(16,17)18)19-8-5-9(13)11(15)10(14)6-8/h5-7,19H,2-4H2,1H3. The van der Waals surface area contributed by atoms with E-state index in [0.717, 1.165) is 12.1 Å². The van der Waals surface area contributed by atoms with Gasteiger partial charge in [0.25, 0.3) is 0 Å². The van der Waals surface area contributed by atoms with Crippen molar-refractivity contribution in [3.63, 3.8) is 0 Å². The van der Waals surface area contributed by atoms with Crippen LogP contribution in [0, 0.1) is 17.5 Å². The number of rotatable bonds is 5. The Hall–Kier alpha value is -1.40. The smallest absolute Gasteiger partial charge is 0.382 e. The van der Waals surface area contributed by atoms with E-state index in [2.05, 4.69) is 5.32 Å². The Morgan fingerprint density at radius 3 is 2.11 bits per heavy atom. The minimum absolute atomic E-state index is 0.00379. The number of alkyl halides is 3. The highest BCUT2D eigenvalue weighted by Gasteiger charge is 2.26. The molecule has 1 aromatic rings. The van der Waals surface area contributed by atoms with Crippen LogP contribution in [0.3, 0.4) is 0 Å². The molecule has 1 rings (SSSR count). The van der Waals surface area contributed by atoms with E-state index in [0.29, 0.717) is 0 Å². The maximum Gasteiger partial charge on any atom is 0.389 e. The molecule has 0 bridgehead atoms. The first-order valence-electron chi connectivity index (χ1n) is 5.67. The van der Waals surface area contributed by atoms with Crippen LogP contribution in [0.5, 0.6) is 0 Å². The Bertz CT molecular complexity index is 406. The maximum atomic E-state index is 12.9. The summed E-state index contributed by atoms with van der Waals surface area (Å²) < 4.78 is 74.2. The van der Waals surface area contributed by atoms with Gasteiger partial charge in [0.1, 0.15) is 0 Å². The van der Waals surface area contributed by atoms with Gasteiger partial charge in [-0.05, 0) is 19.8 Å². The Morgan fingerprint density at radius 2 is 1.63 bits per heavy atom. The number of benzene rings is 1. The van der Waals surface area contributed by atoms with Crippen LogP contribution >= 0.6 is 0 Å². The number of anilines is 1. The van der Waals surface area contributed by atoms with Gasteiger partial charge >= 0.3 is 6.18 Å². The van der Waals surface area contributed by atoms with Crippen molar-refractivity contribution in [3.05, 3.63) is 29.6 Å². The van der Waals surface area contributed by atoms with Crippen molar-refractivity contribution < 1.29 is 26.3 Å². The zero-order valence-corrected chi connectivity index (χ0v) is 10.1. The largest absolute Gasteiger partial charge is 0.389 e. The monoisotopic (exact) mass is 285 g/mol. The third-order valence-electron chi connectivity index (χ3n) is 2.49. The molecule has 1 nitrogen and oxygen atoms in total. The number of hydrogen-bond acceptors (Lipinski definition) is 1. The van der Waals surface area contributed by atoms with Crippen LogP contribution in [0.1, 0.15) is 26.2 Å². The van der Waals surface area contributed by atoms with Gasteiger partial charge in [-0.3, -0.25) is 0 Å². The first-order valence-corrected chi connectivity index (χ1v) is 5.67. The van der Waals surface area contributed by atoms with Crippen LogP contribution in [-0.2, 0) is 0 Å². The molecule has 0 fully saturated rings. The molecule has 0 aliphatic rings. The number of halogens is 6. The molecular weight excluding hydrogens is 272 g/mol. The lowest BCUT2D eigenvalue weighted by Gasteiger charge is -2.16. The summed E-state index contributed by atoms with van der Waals surface area (Å²) in [5.41, 5.74) is -0.00379. The van der Waals surface area contributed by atoms with E-state index >= 15 is 0 Å². The average Bonchev–Trinajstić information content (AvgIpc) is 2.23. The molecule has 0 aliphatic carbocycles. The van der Waals surface area contributed by atoms with Crippen molar-refractivity contribution in [1.82, 2.24) is 0 Å². The van der Waals surface area contributed by atoms with Gasteiger partial charge in [0, 0.05) is 30.3 Å². The predicted octanol–water partition coefficient (Wildman–Crippen LogP) is 4.64. The summed E-state index contributed by atoms with van der Waals surface area (Å²) in [7, 11) is 0. The zero-order valence-electron chi connectivity index (χ0n) is 10.1. The van der Waals surface area contributed by atoms with Gasteiger partial charge in [0.05, 0.1) is 0 Å². The molecule has 0 aromatic heterocycles. The lowest BCUT2D eigenvalue weighted by atomic mass is 10.1. The molecule has 1 aromatic carbocycles. The fraction of sp³-hybridized carbons (Fsp3) is 0.500. The van der Waals surface area contributed by atoms with E-state index < -0.39 is 36.1 Å². The summed E-state index contributed by atoms with van der Waals surface area (Å²) in [6.07, 6.45) is -5.04. The Kier molecular flexibility index (Phi) is 5.08. The van der Waals surface area contributed by atoms with Crippen molar-refractivity contribution in [2.75, 3.05) is 5.32 Å². The normalized spacial score (nSPS) is 13.4. The first kappa shape index (κ1) is 15.7. The number of nitrogens with one attached hydrogen (secondary N) is 1. The van der Waals surface area contributed by atoms with Crippen molar-refractivity contribution in [2.24, 2.45) is 0 Å². The van der Waals surface area contributed by atoms with E-state index in [1.54, 1.807) is 6.92 Å². The summed E-state index contributed by atoms with van der Waals surface area (Å²) in [6, 6.07) is 1.11. The van der Waals surface area contributed by atoms with E-state index in [1.165, 1.54) is 0 Å². The molecule has 108 valence electrons. The highest BCUT2D eigenvalue weighted by molar-refractivity contribution is 5.44. The molecule has 1 unspecified atom stereocenters. The minimum Gasteiger partial charge on any atom is -0.382 e. The van der Waals surface area contributed by atoms with Crippen molar-refractivity contribution in [3.8, 4) is 0 Å². The molecular formula is C12H13F6N. The van der Waals surface area contributed by atoms with Gasteiger partial charge < -0.3 is 5.32 Å². The van der Waals surface area contributed by atoms with Crippen LogP contribution in [0.15, 0.2) is 12.1 Å². The Morgan fingerprint density at radius 1 is 1.11 bits per heavy atom. The summed E-state index contributed by atoms with van der Waals surface area (Å²) in [6.45, 7) is 1.58. The van der Waals surface area contributed by atoms with Crippen molar-refractivity contribution >= 4 is 5.69 Å². The van der Waals surface area contributed by atoms with Gasteiger partial charge in [-0.25, -0.2) is 13.2 Å². The molecule has 0 amide bonds. The van der Waals surface area contributed by atoms with Gasteiger partial charge in [-0.2, -0.15) is 13.2 Å². The summed E-state index contributed by atoms with van der Waals surface area (Å²) >= 11 is 0. The van der Waals surface area contributed by atoms with Crippen LogP contribution in [-0.4, -0.2) is 12.2 Å². The van der Waals surface area contributed by atoms with Gasteiger partial charge in [0.15, 0.2) is 17.5 Å². The second-order valence-corrected chi connectivity index (χ2v) is 4.31. The van der Waals surface area contributed by atoms with Crippen LogP contribution in [0.4, 0.5) is 32.0 Å². The van der Waals surface area contributed by atoms with Crippen LogP contribution < -0.4 is 5.32 Å². The zero-order chi connectivity index (χ0) is 14.6. The second kappa shape index (κ2) is 6.16. The lowest BCUT2D eigenvalue weighted by Crippen LogP contribution is -2.17. The van der Waals surface area contributed by atoms with Crippen LogP contribution in [0.25, 0.3) is 0 Å². The van der Waals surface area contributed by atoms with Crippen molar-refractivity contribution in [1.29, 1.82) is 0 Å². The average molecular weight is 285 g/mol. The highest BCUT2D eigenvalue weighted by Crippen LogP contribution is 2.24. The number of hydrogen-bond donors (Lipinski definition) is 1. The molecule has 7 heteroatoms. The fourth-order valence-electron chi connectivity index (χ4n) is 1.60. The summed E-state index contributed by atoms with van der Waals surface area (Å²) in [5.74, 6) is -4.26. The molecule has 0 saturated carbocycles. The first-order chi connectivity index (χ1) is 8.69. The predicted molar refractivity (Wildman–Crippen MR) is 59.3 cm³/mol. The Balaban J connectivity index is 2.51. The van der Waals surface area contributed by atoms with Gasteiger partial charge in [-0.1, -0.05) is 0 Å². The topological polar surface area (TPSA) is 12.0 Å². The quantitative estimate of drug-likeness (QED) is 0.614. The summed E-state index contributed by atoms with van der Waals surface area (Å²) in [4.78, 5) is 0. The molecule has 0 aliphatic heterocycles. The van der Waals surface area contributed by atoms with E-state index in [4.69, 9.17) is 0 Å². The second-order valence-electron chi connectivity index (χ2n) is 4.31. The molecule has 0 heterocycles. The lowest BCUT2D eigenvalue weighted by molar-refractivity contribution is -0.135. The summed E-state index contributed by atoms with van der Waals surface area (Å²) in [5, 5.41) is 2.62. The molecule has 0 spiro atoms. The van der Waals surface area contributed by atoms with Crippen LogP contribution in [0.2, 0.25) is 0 Å². The van der Waals surface area contributed by atoms with E-state index in [1.807, 2.05) is 0 Å². The van der Waals surface area contributed by atoms with E-state index in [-0.39, 0.29) is 18.5 Å². The SMILES string of the molecule is CC(CCCC(F)(F)F)Nc1cc(F)c(F)c(F)c1. The molecule has 19 heavy (non-hydrogen) atoms. The maximum absolute atomic E-state index is 12.9. The van der Waals surface area contributed by atoms with E-state index in [9.17, 15) is 26.3 Å². The minimum atomic E-state index is -4.21. The van der Waals surface area contributed by atoms with Crippen molar-refractivity contribution in [2.45, 2.75) is 38.4 Å². The molecule has 1 N–H and O–H groups in total. The highest BCUT2D eigenvalue weighted by atomic mass is 19.4. The van der Waals surface area contributed by atoms with Gasteiger partial charge in [-0.15, -0.1) is 0 Å². The molecule has 0 saturated heterocycles.